The highest BCUT2D eigenvalue weighted by Crippen LogP contribution is 2.36. The Bertz CT molecular complexity index is 903. The summed E-state index contributed by atoms with van der Waals surface area (Å²) in [5, 5.41) is 8.29. The molecule has 102 valence electrons. The molecule has 0 nitrogen and oxygen atoms in total. The maximum atomic E-state index is 2.28. The topological polar surface area (TPSA) is 0 Å². The summed E-state index contributed by atoms with van der Waals surface area (Å²) in [6, 6.07) is 24.3. The third-order valence-corrected chi connectivity index (χ3v) is 4.37. The van der Waals surface area contributed by atoms with Gasteiger partial charge in [-0.25, -0.2) is 0 Å². The van der Waals surface area contributed by atoms with Crippen LogP contribution in [-0.2, 0) is 6.42 Å². The van der Waals surface area contributed by atoms with Crippen molar-refractivity contribution < 1.29 is 0 Å². The highest BCUT2D eigenvalue weighted by Gasteiger charge is 2.10. The Labute approximate surface area is 125 Å². The zero-order valence-corrected chi connectivity index (χ0v) is 12.3. The molecule has 0 amide bonds. The van der Waals surface area contributed by atoms with Crippen LogP contribution in [0.25, 0.3) is 32.3 Å². The Hall–Kier alpha value is -2.34. The van der Waals surface area contributed by atoms with Crippen LogP contribution in [-0.4, -0.2) is 0 Å². The van der Waals surface area contributed by atoms with Crippen molar-refractivity contribution in [1.29, 1.82) is 0 Å². The van der Waals surface area contributed by atoms with Gasteiger partial charge in [-0.2, -0.15) is 0 Å². The van der Waals surface area contributed by atoms with Crippen molar-refractivity contribution in [2.24, 2.45) is 0 Å². The van der Waals surface area contributed by atoms with Gasteiger partial charge in [-0.1, -0.05) is 80.1 Å². The van der Waals surface area contributed by atoms with Crippen LogP contribution in [0.4, 0.5) is 0 Å². The first-order chi connectivity index (χ1) is 10.4. The van der Waals surface area contributed by atoms with Crippen LogP contribution in [0.15, 0.2) is 66.7 Å². The van der Waals surface area contributed by atoms with E-state index in [4.69, 9.17) is 0 Å². The number of aryl methyl sites for hydroxylation is 1. The lowest BCUT2D eigenvalue weighted by molar-refractivity contribution is 0.930. The van der Waals surface area contributed by atoms with Crippen LogP contribution in [0.5, 0.6) is 0 Å². The molecular formula is C21H18. The summed E-state index contributed by atoms with van der Waals surface area (Å²) in [5.41, 5.74) is 1.47. The first-order valence-corrected chi connectivity index (χ1v) is 7.71. The SMILES string of the molecule is CCCc1cccc2c3ccccc3c3ccccc3c12. The minimum absolute atomic E-state index is 1.14. The molecule has 0 saturated carbocycles. The van der Waals surface area contributed by atoms with E-state index in [1.807, 2.05) is 0 Å². The Morgan fingerprint density at radius 3 is 1.62 bits per heavy atom. The quantitative estimate of drug-likeness (QED) is 0.386. The molecule has 0 heterocycles. The fraction of sp³-hybridized carbons (Fsp3) is 0.143. The summed E-state index contributed by atoms with van der Waals surface area (Å²) in [6.07, 6.45) is 2.32. The van der Waals surface area contributed by atoms with Crippen LogP contribution in [0.1, 0.15) is 18.9 Å². The van der Waals surface area contributed by atoms with E-state index in [2.05, 4.69) is 73.7 Å². The molecule has 4 aromatic carbocycles. The van der Waals surface area contributed by atoms with E-state index in [0.717, 1.165) is 6.42 Å². The monoisotopic (exact) mass is 270 g/mol. The van der Waals surface area contributed by atoms with E-state index in [0.29, 0.717) is 0 Å². The molecule has 0 saturated heterocycles. The molecule has 0 spiro atoms. The van der Waals surface area contributed by atoms with Gasteiger partial charge in [0.1, 0.15) is 0 Å². The summed E-state index contributed by atoms with van der Waals surface area (Å²) in [4.78, 5) is 0. The van der Waals surface area contributed by atoms with Gasteiger partial charge < -0.3 is 0 Å². The summed E-state index contributed by atoms with van der Waals surface area (Å²) >= 11 is 0. The Morgan fingerprint density at radius 1 is 0.571 bits per heavy atom. The molecule has 0 aliphatic rings. The van der Waals surface area contributed by atoms with Crippen molar-refractivity contribution in [2.45, 2.75) is 19.8 Å². The minimum Gasteiger partial charge on any atom is -0.0651 e. The van der Waals surface area contributed by atoms with Crippen LogP contribution in [0.3, 0.4) is 0 Å². The van der Waals surface area contributed by atoms with Crippen molar-refractivity contribution in [1.82, 2.24) is 0 Å². The first-order valence-electron chi connectivity index (χ1n) is 7.71. The van der Waals surface area contributed by atoms with Crippen molar-refractivity contribution in [3.63, 3.8) is 0 Å². The maximum Gasteiger partial charge on any atom is -0.00669 e. The molecule has 0 aliphatic carbocycles. The molecule has 0 N–H and O–H groups in total. The lowest BCUT2D eigenvalue weighted by Gasteiger charge is -2.13. The van der Waals surface area contributed by atoms with E-state index in [1.54, 1.807) is 0 Å². The highest BCUT2D eigenvalue weighted by atomic mass is 14.1. The number of hydrogen-bond acceptors (Lipinski definition) is 0. The Balaban J connectivity index is 2.33. The fourth-order valence-corrected chi connectivity index (χ4v) is 3.51. The van der Waals surface area contributed by atoms with E-state index >= 15 is 0 Å². The van der Waals surface area contributed by atoms with Gasteiger partial charge in [-0.3, -0.25) is 0 Å². The van der Waals surface area contributed by atoms with Gasteiger partial charge in [0.2, 0.25) is 0 Å². The number of fused-ring (bicyclic) bond motifs is 6. The Morgan fingerprint density at radius 2 is 1.05 bits per heavy atom. The smallest absolute Gasteiger partial charge is 0.00669 e. The lowest BCUT2D eigenvalue weighted by atomic mass is 9.90. The maximum absolute atomic E-state index is 2.28. The van der Waals surface area contributed by atoms with Crippen LogP contribution >= 0.6 is 0 Å². The normalized spacial score (nSPS) is 11.5. The molecule has 4 rings (SSSR count). The molecule has 0 aliphatic heterocycles. The standard InChI is InChI=1S/C21H18/c1-2-8-15-9-7-14-20-18-11-4-3-10-16(18)17-12-5-6-13-19(17)21(15)20/h3-7,9-14H,2,8H2,1H3. The average molecular weight is 270 g/mol. The second kappa shape index (κ2) is 4.89. The molecular weight excluding hydrogens is 252 g/mol. The average Bonchev–Trinajstić information content (AvgIpc) is 2.55. The van der Waals surface area contributed by atoms with E-state index < -0.39 is 0 Å². The summed E-state index contributed by atoms with van der Waals surface area (Å²) < 4.78 is 0. The van der Waals surface area contributed by atoms with Crippen LogP contribution < -0.4 is 0 Å². The van der Waals surface area contributed by atoms with Crippen LogP contribution in [0.2, 0.25) is 0 Å². The van der Waals surface area contributed by atoms with Crippen molar-refractivity contribution in [3.05, 3.63) is 72.3 Å². The summed E-state index contributed by atoms with van der Waals surface area (Å²) in [6.45, 7) is 2.25. The van der Waals surface area contributed by atoms with Gasteiger partial charge in [0, 0.05) is 0 Å². The second-order valence-corrected chi connectivity index (χ2v) is 5.68. The second-order valence-electron chi connectivity index (χ2n) is 5.68. The highest BCUT2D eigenvalue weighted by molar-refractivity contribution is 6.26. The molecule has 0 radical (unpaired) electrons. The molecule has 0 heteroatoms. The molecule has 0 aromatic heterocycles. The largest absolute Gasteiger partial charge is 0.0651 e. The minimum atomic E-state index is 1.14. The Kier molecular flexibility index (Phi) is 2.89. The van der Waals surface area contributed by atoms with Gasteiger partial charge in [0.15, 0.2) is 0 Å². The fourth-order valence-electron chi connectivity index (χ4n) is 3.51. The number of rotatable bonds is 2. The van der Waals surface area contributed by atoms with Gasteiger partial charge in [-0.05, 0) is 44.3 Å². The lowest BCUT2D eigenvalue weighted by Crippen LogP contribution is -1.89. The van der Waals surface area contributed by atoms with Gasteiger partial charge in [0.25, 0.3) is 0 Å². The van der Waals surface area contributed by atoms with E-state index in [9.17, 15) is 0 Å². The molecule has 0 unspecified atom stereocenters. The predicted octanol–water partition coefficient (Wildman–Crippen LogP) is 6.10. The van der Waals surface area contributed by atoms with Crippen LogP contribution in [0, 0.1) is 0 Å². The first kappa shape index (κ1) is 12.4. The predicted molar refractivity (Wildman–Crippen MR) is 93.0 cm³/mol. The third-order valence-electron chi connectivity index (χ3n) is 4.37. The molecule has 4 aromatic rings. The van der Waals surface area contributed by atoms with E-state index in [1.165, 1.54) is 44.3 Å². The molecule has 0 atom stereocenters. The number of hydrogen-bond donors (Lipinski definition) is 0. The summed E-state index contributed by atoms with van der Waals surface area (Å²) in [5.74, 6) is 0. The van der Waals surface area contributed by atoms with Crippen molar-refractivity contribution >= 4 is 32.3 Å². The molecule has 21 heavy (non-hydrogen) atoms. The summed E-state index contributed by atoms with van der Waals surface area (Å²) in [7, 11) is 0. The van der Waals surface area contributed by atoms with Gasteiger partial charge >= 0.3 is 0 Å². The molecule has 0 bridgehead atoms. The van der Waals surface area contributed by atoms with E-state index in [-0.39, 0.29) is 0 Å². The zero-order valence-electron chi connectivity index (χ0n) is 12.3. The van der Waals surface area contributed by atoms with Gasteiger partial charge in [0.05, 0.1) is 0 Å². The van der Waals surface area contributed by atoms with Crippen molar-refractivity contribution in [3.8, 4) is 0 Å². The van der Waals surface area contributed by atoms with Gasteiger partial charge in [-0.15, -0.1) is 0 Å². The molecule has 0 fully saturated rings. The zero-order chi connectivity index (χ0) is 14.2. The van der Waals surface area contributed by atoms with Crippen molar-refractivity contribution in [2.75, 3.05) is 0 Å². The third kappa shape index (κ3) is 1.83. The number of benzene rings is 4.